The molecule has 0 bridgehead atoms. The Morgan fingerprint density at radius 1 is 1.15 bits per heavy atom. The smallest absolute Gasteiger partial charge is 0.273 e. The summed E-state index contributed by atoms with van der Waals surface area (Å²) in [4.78, 5) is 29.0. The van der Waals surface area contributed by atoms with Crippen molar-refractivity contribution < 1.29 is 9.59 Å². The van der Waals surface area contributed by atoms with E-state index in [2.05, 4.69) is 15.9 Å². The summed E-state index contributed by atoms with van der Waals surface area (Å²) >= 11 is 9.75. The van der Waals surface area contributed by atoms with Gasteiger partial charge in [0.1, 0.15) is 0 Å². The summed E-state index contributed by atoms with van der Waals surface area (Å²) in [7, 11) is 3.93. The van der Waals surface area contributed by atoms with Gasteiger partial charge >= 0.3 is 0 Å². The second-order valence-corrected chi connectivity index (χ2v) is 8.32. The molecule has 0 aromatic heterocycles. The molecule has 1 aliphatic heterocycles. The molecule has 2 aromatic carbocycles. The molecule has 0 radical (unpaired) electrons. The van der Waals surface area contributed by atoms with Crippen molar-refractivity contribution in [3.63, 3.8) is 0 Å². The van der Waals surface area contributed by atoms with Crippen molar-refractivity contribution in [2.24, 2.45) is 0 Å². The van der Waals surface area contributed by atoms with Crippen molar-refractivity contribution in [3.8, 4) is 0 Å². The standard InChI is InChI=1S/C19H15BrN2O2S2/c1-21(2)13-9-7-12(8-10-13)11-16-18(24)22(19(25)26-16)17(23)14-5-3-4-6-15(14)20/h3-11H,1-2H3/b16-11+. The van der Waals surface area contributed by atoms with E-state index < -0.39 is 11.8 Å². The fraction of sp³-hybridized carbons (Fsp3) is 0.105. The first kappa shape index (κ1) is 18.8. The van der Waals surface area contributed by atoms with Crippen LogP contribution in [-0.4, -0.2) is 35.1 Å². The molecule has 0 atom stereocenters. The van der Waals surface area contributed by atoms with Crippen LogP contribution in [0.4, 0.5) is 5.69 Å². The minimum atomic E-state index is -0.425. The number of carbonyl (C=O) groups excluding carboxylic acids is 2. The molecule has 2 amide bonds. The summed E-state index contributed by atoms with van der Waals surface area (Å²) in [5.41, 5.74) is 2.35. The Balaban J connectivity index is 1.87. The number of rotatable bonds is 3. The highest BCUT2D eigenvalue weighted by atomic mass is 79.9. The number of hydrogen-bond donors (Lipinski definition) is 0. The van der Waals surface area contributed by atoms with Gasteiger partial charge in [0.05, 0.1) is 10.5 Å². The Hall–Kier alpha value is -1.96. The lowest BCUT2D eigenvalue weighted by molar-refractivity contribution is -0.120. The molecule has 3 rings (SSSR count). The van der Waals surface area contributed by atoms with Crippen LogP contribution < -0.4 is 4.90 Å². The van der Waals surface area contributed by atoms with E-state index in [9.17, 15) is 9.59 Å². The van der Waals surface area contributed by atoms with E-state index in [0.29, 0.717) is 14.9 Å². The number of carbonyl (C=O) groups is 2. The molecule has 132 valence electrons. The van der Waals surface area contributed by atoms with Crippen LogP contribution in [0.2, 0.25) is 0 Å². The maximum atomic E-state index is 12.7. The number of thioether (sulfide) groups is 1. The van der Waals surface area contributed by atoms with Gasteiger partial charge in [-0.3, -0.25) is 9.59 Å². The molecule has 7 heteroatoms. The van der Waals surface area contributed by atoms with Crippen LogP contribution in [-0.2, 0) is 4.79 Å². The van der Waals surface area contributed by atoms with Crippen LogP contribution in [0.15, 0.2) is 57.9 Å². The molecule has 0 aliphatic carbocycles. The molecular weight excluding hydrogens is 432 g/mol. The first-order valence-electron chi connectivity index (χ1n) is 7.72. The second-order valence-electron chi connectivity index (χ2n) is 5.79. The van der Waals surface area contributed by atoms with Gasteiger partial charge in [0.2, 0.25) is 0 Å². The number of nitrogens with zero attached hydrogens (tertiary/aromatic N) is 2. The summed E-state index contributed by atoms with van der Waals surface area (Å²) in [5.74, 6) is -0.816. The quantitative estimate of drug-likeness (QED) is 0.392. The maximum Gasteiger partial charge on any atom is 0.273 e. The predicted molar refractivity (Wildman–Crippen MR) is 114 cm³/mol. The lowest BCUT2D eigenvalue weighted by atomic mass is 10.1. The number of hydrogen-bond acceptors (Lipinski definition) is 5. The van der Waals surface area contributed by atoms with Gasteiger partial charge in [-0.15, -0.1) is 0 Å². The minimum absolute atomic E-state index is 0.243. The summed E-state index contributed by atoms with van der Waals surface area (Å²) in [6, 6.07) is 14.8. The summed E-state index contributed by atoms with van der Waals surface area (Å²) < 4.78 is 0.870. The number of benzene rings is 2. The molecule has 1 fully saturated rings. The van der Waals surface area contributed by atoms with Gasteiger partial charge in [0.25, 0.3) is 11.8 Å². The first-order valence-corrected chi connectivity index (χ1v) is 9.74. The molecule has 1 saturated heterocycles. The van der Waals surface area contributed by atoms with Gasteiger partial charge in [0.15, 0.2) is 4.32 Å². The van der Waals surface area contributed by atoms with E-state index >= 15 is 0 Å². The SMILES string of the molecule is CN(C)c1ccc(/C=C2/SC(=S)N(C(=O)c3ccccc3Br)C2=O)cc1. The highest BCUT2D eigenvalue weighted by Crippen LogP contribution is 2.34. The fourth-order valence-corrected chi connectivity index (χ4v) is 4.13. The lowest BCUT2D eigenvalue weighted by Gasteiger charge is -2.13. The lowest BCUT2D eigenvalue weighted by Crippen LogP contribution is -2.34. The molecule has 26 heavy (non-hydrogen) atoms. The molecule has 2 aromatic rings. The van der Waals surface area contributed by atoms with Gasteiger partial charge in [-0.1, -0.05) is 48.2 Å². The summed E-state index contributed by atoms with van der Waals surface area (Å²) in [5, 5.41) is 0. The number of imide groups is 1. The number of thiocarbonyl (C=S) groups is 1. The van der Waals surface area contributed by atoms with E-state index in [0.717, 1.165) is 27.9 Å². The van der Waals surface area contributed by atoms with Gasteiger partial charge in [-0.05, 0) is 51.8 Å². The molecular formula is C19H15BrN2O2S2. The Morgan fingerprint density at radius 2 is 1.81 bits per heavy atom. The van der Waals surface area contributed by atoms with Crippen LogP contribution in [0.25, 0.3) is 6.08 Å². The molecule has 0 N–H and O–H groups in total. The van der Waals surface area contributed by atoms with Crippen molar-refractivity contribution >= 4 is 67.8 Å². The molecule has 4 nitrogen and oxygen atoms in total. The van der Waals surface area contributed by atoms with Gasteiger partial charge in [0, 0.05) is 24.3 Å². The van der Waals surface area contributed by atoms with E-state index in [-0.39, 0.29) is 4.32 Å². The largest absolute Gasteiger partial charge is 0.378 e. The zero-order chi connectivity index (χ0) is 18.8. The van der Waals surface area contributed by atoms with E-state index in [1.54, 1.807) is 24.3 Å². The third kappa shape index (κ3) is 3.75. The van der Waals surface area contributed by atoms with Crippen molar-refractivity contribution in [2.45, 2.75) is 0 Å². The van der Waals surface area contributed by atoms with Crippen molar-refractivity contribution in [2.75, 3.05) is 19.0 Å². The van der Waals surface area contributed by atoms with E-state index in [4.69, 9.17) is 12.2 Å². The average molecular weight is 447 g/mol. The number of halogens is 1. The van der Waals surface area contributed by atoms with Gasteiger partial charge < -0.3 is 4.90 Å². The van der Waals surface area contributed by atoms with E-state index in [1.807, 2.05) is 49.3 Å². The highest BCUT2D eigenvalue weighted by molar-refractivity contribution is 9.10. The Morgan fingerprint density at radius 3 is 2.42 bits per heavy atom. The summed E-state index contributed by atoms with van der Waals surface area (Å²) in [6.45, 7) is 0. The first-order chi connectivity index (χ1) is 12.4. The van der Waals surface area contributed by atoms with Crippen LogP contribution in [0, 0.1) is 0 Å². The average Bonchev–Trinajstić information content (AvgIpc) is 2.89. The Labute approximate surface area is 170 Å². The van der Waals surface area contributed by atoms with Crippen molar-refractivity contribution in [1.82, 2.24) is 4.90 Å². The van der Waals surface area contributed by atoms with Crippen LogP contribution >= 0.6 is 39.9 Å². The third-order valence-corrected chi connectivity index (χ3v) is 5.80. The van der Waals surface area contributed by atoms with Gasteiger partial charge in [-0.2, -0.15) is 0 Å². The monoisotopic (exact) mass is 446 g/mol. The Kier molecular flexibility index (Phi) is 5.60. The topological polar surface area (TPSA) is 40.6 Å². The normalized spacial score (nSPS) is 15.7. The molecule has 0 unspecified atom stereocenters. The Bertz CT molecular complexity index is 923. The van der Waals surface area contributed by atoms with Crippen LogP contribution in [0.5, 0.6) is 0 Å². The molecule has 0 saturated carbocycles. The molecule has 0 spiro atoms. The maximum absolute atomic E-state index is 12.7. The highest BCUT2D eigenvalue weighted by Gasteiger charge is 2.37. The van der Waals surface area contributed by atoms with Crippen LogP contribution in [0.1, 0.15) is 15.9 Å². The number of amides is 2. The summed E-state index contributed by atoms with van der Waals surface area (Å²) in [6.07, 6.45) is 1.76. The van der Waals surface area contributed by atoms with Gasteiger partial charge in [-0.25, -0.2) is 4.90 Å². The zero-order valence-electron chi connectivity index (χ0n) is 14.1. The van der Waals surface area contributed by atoms with Crippen LogP contribution in [0.3, 0.4) is 0 Å². The van der Waals surface area contributed by atoms with Crippen molar-refractivity contribution in [1.29, 1.82) is 0 Å². The third-order valence-electron chi connectivity index (χ3n) is 3.81. The van der Waals surface area contributed by atoms with E-state index in [1.165, 1.54) is 0 Å². The predicted octanol–water partition coefficient (Wildman–Crippen LogP) is 4.56. The number of anilines is 1. The fourth-order valence-electron chi connectivity index (χ4n) is 2.42. The zero-order valence-corrected chi connectivity index (χ0v) is 17.3. The second kappa shape index (κ2) is 7.73. The molecule has 1 heterocycles. The van der Waals surface area contributed by atoms with Crippen molar-refractivity contribution in [3.05, 3.63) is 69.0 Å². The molecule has 1 aliphatic rings. The minimum Gasteiger partial charge on any atom is -0.378 e.